The highest BCUT2D eigenvalue weighted by Crippen LogP contribution is 2.33. The number of carboxylic acids is 1. The number of rotatable bonds is 17. The summed E-state index contributed by atoms with van der Waals surface area (Å²) in [5, 5.41) is 14.8. The molecule has 0 aromatic carbocycles. The zero-order valence-electron chi connectivity index (χ0n) is 18.2. The zero-order valence-corrected chi connectivity index (χ0v) is 19.0. The summed E-state index contributed by atoms with van der Waals surface area (Å²) in [6, 6.07) is 0.409. The summed E-state index contributed by atoms with van der Waals surface area (Å²) in [5.41, 5.74) is 0. The van der Waals surface area contributed by atoms with E-state index in [4.69, 9.17) is 19.3 Å². The molecule has 0 aromatic heterocycles. The van der Waals surface area contributed by atoms with Crippen molar-refractivity contribution in [2.24, 2.45) is 0 Å². The fraction of sp³-hybridized carbons (Fsp3) is 0.850. The highest BCUT2D eigenvalue weighted by Gasteiger charge is 2.42. The van der Waals surface area contributed by atoms with Crippen LogP contribution < -0.4 is 10.6 Å². The molecule has 0 radical (unpaired) electrons. The number of nitrogens with zero attached hydrogens (tertiary/aromatic N) is 1. The molecule has 0 saturated carbocycles. The second-order valence-corrected chi connectivity index (χ2v) is 8.94. The van der Waals surface area contributed by atoms with Crippen molar-refractivity contribution in [3.05, 3.63) is 0 Å². The molecule has 31 heavy (non-hydrogen) atoms. The minimum atomic E-state index is -0.878. The number of hydrogen-bond acceptors (Lipinski definition) is 7. The molecule has 0 unspecified atom stereocenters. The number of nitrogens with one attached hydrogen (secondary N) is 2. The number of amides is 3. The summed E-state index contributed by atoms with van der Waals surface area (Å²) < 4.78 is 15.9. The molecular weight excluding hydrogens is 426 g/mol. The van der Waals surface area contributed by atoms with Gasteiger partial charge in [0.15, 0.2) is 0 Å². The lowest BCUT2D eigenvalue weighted by atomic mass is 10.0. The molecule has 10 nitrogen and oxygen atoms in total. The second kappa shape index (κ2) is 14.5. The molecule has 0 aliphatic carbocycles. The highest BCUT2D eigenvalue weighted by molar-refractivity contribution is 8.00. The van der Waals surface area contributed by atoms with E-state index < -0.39 is 5.97 Å². The fourth-order valence-electron chi connectivity index (χ4n) is 3.48. The number of carboxylic acid groups (broad SMARTS) is 1. The van der Waals surface area contributed by atoms with Crippen LogP contribution in [0.1, 0.15) is 32.1 Å². The number of urea groups is 1. The Morgan fingerprint density at radius 3 is 2.42 bits per heavy atom. The fourth-order valence-corrected chi connectivity index (χ4v) is 5.03. The van der Waals surface area contributed by atoms with E-state index in [1.54, 1.807) is 11.9 Å². The van der Waals surface area contributed by atoms with Crippen molar-refractivity contribution in [1.82, 2.24) is 15.5 Å². The molecule has 3 N–H and O–H groups in total. The molecule has 2 rings (SSSR count). The van der Waals surface area contributed by atoms with E-state index in [-0.39, 0.29) is 37.0 Å². The average molecular weight is 462 g/mol. The predicted octanol–water partition coefficient (Wildman–Crippen LogP) is 0.695. The van der Waals surface area contributed by atoms with Crippen molar-refractivity contribution in [2.75, 3.05) is 59.0 Å². The third-order valence-electron chi connectivity index (χ3n) is 5.27. The summed E-state index contributed by atoms with van der Waals surface area (Å²) in [4.78, 5) is 35.6. The van der Waals surface area contributed by atoms with E-state index in [0.717, 1.165) is 25.0 Å². The normalized spacial score (nSPS) is 22.1. The summed E-state index contributed by atoms with van der Waals surface area (Å²) in [7, 11) is 1.79. The third kappa shape index (κ3) is 10.1. The van der Waals surface area contributed by atoms with Gasteiger partial charge < -0.3 is 34.9 Å². The number of ether oxygens (including phenoxy) is 3. The first kappa shape index (κ1) is 25.7. The monoisotopic (exact) mass is 461 g/mol. The van der Waals surface area contributed by atoms with Crippen molar-refractivity contribution in [3.8, 4) is 0 Å². The molecule has 2 aliphatic rings. The number of aliphatic carboxylic acids is 1. The average Bonchev–Trinajstić information content (AvgIpc) is 3.28. The van der Waals surface area contributed by atoms with Gasteiger partial charge in [-0.1, -0.05) is 6.42 Å². The number of fused-ring (bicyclic) bond motifs is 1. The first-order valence-corrected chi connectivity index (χ1v) is 11.9. The van der Waals surface area contributed by atoms with Crippen molar-refractivity contribution in [3.63, 3.8) is 0 Å². The molecular formula is C20H35N3O7S. The van der Waals surface area contributed by atoms with Gasteiger partial charge in [-0.3, -0.25) is 9.59 Å². The maximum Gasteiger partial charge on any atom is 0.315 e. The third-order valence-corrected chi connectivity index (χ3v) is 6.78. The SMILES string of the molecule is CN(CCOCCOCCOCCC(=O)O)C(=O)CCCC[C@@H]1SC[C@@H]2NC(=O)N[C@@H]21. The number of thioether (sulfide) groups is 1. The Morgan fingerprint density at radius 2 is 1.71 bits per heavy atom. The molecule has 0 aromatic rings. The Labute approximate surface area is 187 Å². The van der Waals surface area contributed by atoms with E-state index in [1.165, 1.54) is 0 Å². The first-order valence-electron chi connectivity index (χ1n) is 10.8. The van der Waals surface area contributed by atoms with E-state index >= 15 is 0 Å². The Balaban J connectivity index is 1.38. The van der Waals surface area contributed by atoms with Gasteiger partial charge in [0, 0.05) is 31.0 Å². The molecule has 0 spiro atoms. The van der Waals surface area contributed by atoms with Gasteiger partial charge in [0.2, 0.25) is 5.91 Å². The van der Waals surface area contributed by atoms with Crippen LogP contribution in [0.4, 0.5) is 4.79 Å². The quantitative estimate of drug-likeness (QED) is 0.213. The molecule has 2 saturated heterocycles. The Bertz CT molecular complexity index is 581. The van der Waals surface area contributed by atoms with Crippen LogP contribution >= 0.6 is 11.8 Å². The zero-order chi connectivity index (χ0) is 22.5. The standard InChI is InChI=1S/C20H35N3O7S/c1-23(7-9-29-11-13-30-12-10-28-8-6-18(25)26)17(24)5-3-2-4-16-19-15(14-31-16)21-20(27)22-19/h15-16,19H,2-14H2,1H3,(H,25,26)(H2,21,22,27)/t15-,16-,19-/m0/s1. The van der Waals surface area contributed by atoms with Crippen molar-refractivity contribution in [1.29, 1.82) is 0 Å². The van der Waals surface area contributed by atoms with Crippen molar-refractivity contribution >= 4 is 29.7 Å². The van der Waals surface area contributed by atoms with E-state index in [2.05, 4.69) is 10.6 Å². The molecule has 11 heteroatoms. The van der Waals surface area contributed by atoms with Gasteiger partial charge in [-0.25, -0.2) is 4.79 Å². The van der Waals surface area contributed by atoms with Gasteiger partial charge in [0.1, 0.15) is 0 Å². The Hall–Kier alpha value is -1.56. The van der Waals surface area contributed by atoms with Crippen LogP contribution in [0.5, 0.6) is 0 Å². The molecule has 2 aliphatic heterocycles. The number of carbonyl (C=O) groups is 3. The molecule has 3 atom stereocenters. The summed E-state index contributed by atoms with van der Waals surface area (Å²) in [5.74, 6) is 0.199. The topological polar surface area (TPSA) is 126 Å². The van der Waals surface area contributed by atoms with Crippen LogP contribution in [0.15, 0.2) is 0 Å². The lowest BCUT2D eigenvalue weighted by Crippen LogP contribution is -2.36. The lowest BCUT2D eigenvalue weighted by Gasteiger charge is -2.18. The van der Waals surface area contributed by atoms with Gasteiger partial charge in [-0.2, -0.15) is 11.8 Å². The van der Waals surface area contributed by atoms with Gasteiger partial charge in [-0.15, -0.1) is 0 Å². The van der Waals surface area contributed by atoms with Gasteiger partial charge >= 0.3 is 12.0 Å². The Kier molecular flexibility index (Phi) is 12.0. The van der Waals surface area contributed by atoms with E-state index in [9.17, 15) is 14.4 Å². The number of hydrogen-bond donors (Lipinski definition) is 3. The van der Waals surface area contributed by atoms with Gasteiger partial charge in [0.05, 0.1) is 58.1 Å². The first-order chi connectivity index (χ1) is 15.0. The number of likely N-dealkylation sites (N-methyl/N-ethyl adjacent to an activating group) is 1. The van der Waals surface area contributed by atoms with Crippen LogP contribution in [-0.2, 0) is 23.8 Å². The predicted molar refractivity (Wildman–Crippen MR) is 116 cm³/mol. The molecule has 2 heterocycles. The van der Waals surface area contributed by atoms with Crippen LogP contribution in [-0.4, -0.2) is 104 Å². The Morgan fingerprint density at radius 1 is 1.03 bits per heavy atom. The second-order valence-electron chi connectivity index (χ2n) is 7.66. The lowest BCUT2D eigenvalue weighted by molar-refractivity contribution is -0.138. The highest BCUT2D eigenvalue weighted by atomic mass is 32.2. The molecule has 2 fully saturated rings. The summed E-state index contributed by atoms with van der Waals surface area (Å²) >= 11 is 1.90. The minimum absolute atomic E-state index is 0.00676. The maximum absolute atomic E-state index is 12.2. The van der Waals surface area contributed by atoms with E-state index in [0.29, 0.717) is 51.2 Å². The molecule has 0 bridgehead atoms. The minimum Gasteiger partial charge on any atom is -0.481 e. The van der Waals surface area contributed by atoms with Gasteiger partial charge in [-0.05, 0) is 12.8 Å². The van der Waals surface area contributed by atoms with Crippen LogP contribution in [0.3, 0.4) is 0 Å². The van der Waals surface area contributed by atoms with Crippen molar-refractivity contribution in [2.45, 2.75) is 49.4 Å². The molecule has 3 amide bonds. The smallest absolute Gasteiger partial charge is 0.315 e. The number of carbonyl (C=O) groups excluding carboxylic acids is 2. The molecule has 178 valence electrons. The largest absolute Gasteiger partial charge is 0.481 e. The van der Waals surface area contributed by atoms with Crippen LogP contribution in [0.2, 0.25) is 0 Å². The summed E-state index contributed by atoms with van der Waals surface area (Å²) in [6.07, 6.45) is 3.36. The van der Waals surface area contributed by atoms with E-state index in [1.807, 2.05) is 11.8 Å². The van der Waals surface area contributed by atoms with Crippen LogP contribution in [0, 0.1) is 0 Å². The maximum atomic E-state index is 12.2. The van der Waals surface area contributed by atoms with Gasteiger partial charge in [0.25, 0.3) is 0 Å². The number of unbranched alkanes of at least 4 members (excludes halogenated alkanes) is 1. The van der Waals surface area contributed by atoms with Crippen molar-refractivity contribution < 1.29 is 33.7 Å². The summed E-state index contributed by atoms with van der Waals surface area (Å²) in [6.45, 7) is 2.79. The van der Waals surface area contributed by atoms with Crippen LogP contribution in [0.25, 0.3) is 0 Å².